The summed E-state index contributed by atoms with van der Waals surface area (Å²) in [5.41, 5.74) is 0.527. The number of amides is 1. The molecule has 2 aromatic rings. The van der Waals surface area contributed by atoms with E-state index in [1.54, 1.807) is 12.1 Å². The van der Waals surface area contributed by atoms with Crippen molar-refractivity contribution in [3.05, 3.63) is 39.1 Å². The number of rotatable bonds is 5. The molecule has 2 aliphatic carbocycles. The van der Waals surface area contributed by atoms with Gasteiger partial charge in [0.25, 0.3) is 5.91 Å². The molecule has 11 heteroatoms. The number of nitrogens with zero attached hydrogens (tertiary/aromatic N) is 3. The third-order valence-electron chi connectivity index (χ3n) is 7.24. The number of hydrogen-bond donors (Lipinski definition) is 1. The van der Waals surface area contributed by atoms with Gasteiger partial charge in [0.2, 0.25) is 5.92 Å². The highest BCUT2D eigenvalue weighted by molar-refractivity contribution is 14.1. The summed E-state index contributed by atoms with van der Waals surface area (Å²) in [5, 5.41) is 6.40. The average molecular weight is 594 g/mol. The van der Waals surface area contributed by atoms with E-state index in [0.717, 1.165) is 41.3 Å². The van der Waals surface area contributed by atoms with Gasteiger partial charge in [-0.15, -0.1) is 0 Å². The van der Waals surface area contributed by atoms with Crippen LogP contribution in [0.25, 0.3) is 0 Å². The van der Waals surface area contributed by atoms with E-state index >= 15 is 0 Å². The molecule has 1 saturated heterocycles. The SMILES string of the molecule is O=C(Nc1cc(C(F)(F)F)n(CC2CC(F)(F)C2)n1)c1ccc(I)cc1N1CCC2(CC1)CC2. The number of carbonyl (C=O) groups excluding carboxylic acids is 1. The van der Waals surface area contributed by atoms with Crippen LogP contribution in [0.4, 0.5) is 33.5 Å². The highest BCUT2D eigenvalue weighted by atomic mass is 127. The van der Waals surface area contributed by atoms with Crippen LogP contribution in [0.2, 0.25) is 0 Å². The number of piperidine rings is 1. The maximum absolute atomic E-state index is 13.5. The molecule has 3 aliphatic rings. The molecule has 0 atom stereocenters. The summed E-state index contributed by atoms with van der Waals surface area (Å²) < 4.78 is 68.5. The number of nitrogens with one attached hydrogen (secondary N) is 1. The van der Waals surface area contributed by atoms with E-state index in [-0.39, 0.29) is 12.4 Å². The van der Waals surface area contributed by atoms with Gasteiger partial charge in [-0.05, 0) is 77.8 Å². The van der Waals surface area contributed by atoms with E-state index in [4.69, 9.17) is 0 Å². The van der Waals surface area contributed by atoms with Crippen LogP contribution in [-0.4, -0.2) is 34.7 Å². The Morgan fingerprint density at radius 3 is 2.38 bits per heavy atom. The second-order valence-corrected chi connectivity index (χ2v) is 11.1. The zero-order valence-corrected chi connectivity index (χ0v) is 20.4. The zero-order valence-electron chi connectivity index (χ0n) is 18.3. The highest BCUT2D eigenvalue weighted by Crippen LogP contribution is 2.54. The van der Waals surface area contributed by atoms with Crippen molar-refractivity contribution in [3.63, 3.8) is 0 Å². The molecule has 1 aliphatic heterocycles. The van der Waals surface area contributed by atoms with Gasteiger partial charge >= 0.3 is 6.18 Å². The summed E-state index contributed by atoms with van der Waals surface area (Å²) in [6, 6.07) is 6.13. The summed E-state index contributed by atoms with van der Waals surface area (Å²) in [4.78, 5) is 15.3. The normalized spacial score (nSPS) is 21.4. The second-order valence-electron chi connectivity index (χ2n) is 9.83. The van der Waals surface area contributed by atoms with Crippen LogP contribution in [0, 0.1) is 14.9 Å². The van der Waals surface area contributed by atoms with Crippen molar-refractivity contribution >= 4 is 40.0 Å². The lowest BCUT2D eigenvalue weighted by Gasteiger charge is -2.35. The fraction of sp³-hybridized carbons (Fsp3) is 0.565. The van der Waals surface area contributed by atoms with Crippen LogP contribution in [0.1, 0.15) is 54.6 Å². The van der Waals surface area contributed by atoms with Gasteiger partial charge in [0.05, 0.1) is 11.3 Å². The van der Waals surface area contributed by atoms with Gasteiger partial charge in [-0.2, -0.15) is 18.3 Å². The maximum atomic E-state index is 13.5. The molecule has 1 aromatic heterocycles. The predicted molar refractivity (Wildman–Crippen MR) is 125 cm³/mol. The van der Waals surface area contributed by atoms with E-state index in [1.807, 2.05) is 6.07 Å². The van der Waals surface area contributed by atoms with Gasteiger partial charge in [-0.3, -0.25) is 9.48 Å². The van der Waals surface area contributed by atoms with Gasteiger partial charge in [0.15, 0.2) is 5.82 Å². The summed E-state index contributed by atoms with van der Waals surface area (Å²) >= 11 is 2.17. The monoisotopic (exact) mass is 594 g/mol. The Balaban J connectivity index is 1.35. The number of carbonyl (C=O) groups is 1. The summed E-state index contributed by atoms with van der Waals surface area (Å²) in [6.07, 6.45) is -1.00. The van der Waals surface area contributed by atoms with Crippen molar-refractivity contribution in [2.45, 2.75) is 57.2 Å². The molecule has 1 spiro atoms. The lowest BCUT2D eigenvalue weighted by Crippen LogP contribution is -2.38. The topological polar surface area (TPSA) is 50.2 Å². The van der Waals surface area contributed by atoms with Gasteiger partial charge in [0.1, 0.15) is 5.69 Å². The van der Waals surface area contributed by atoms with Crippen molar-refractivity contribution in [1.82, 2.24) is 9.78 Å². The van der Waals surface area contributed by atoms with Crippen molar-refractivity contribution in [2.24, 2.45) is 11.3 Å². The molecule has 34 heavy (non-hydrogen) atoms. The van der Waals surface area contributed by atoms with Crippen LogP contribution in [0.5, 0.6) is 0 Å². The number of aromatic nitrogens is 2. The van der Waals surface area contributed by atoms with Crippen molar-refractivity contribution in [2.75, 3.05) is 23.3 Å². The van der Waals surface area contributed by atoms with Gasteiger partial charge < -0.3 is 10.2 Å². The smallest absolute Gasteiger partial charge is 0.371 e. The lowest BCUT2D eigenvalue weighted by atomic mass is 9.81. The minimum absolute atomic E-state index is 0.247. The predicted octanol–water partition coefficient (Wildman–Crippen LogP) is 6.18. The number of benzene rings is 1. The van der Waals surface area contributed by atoms with E-state index < -0.39 is 42.5 Å². The van der Waals surface area contributed by atoms with Crippen molar-refractivity contribution < 1.29 is 26.7 Å². The molecule has 2 saturated carbocycles. The molecule has 0 radical (unpaired) electrons. The Bertz CT molecular complexity index is 1090. The largest absolute Gasteiger partial charge is 0.433 e. The Labute approximate surface area is 207 Å². The molecule has 184 valence electrons. The molecule has 0 unspecified atom stereocenters. The van der Waals surface area contributed by atoms with E-state index in [0.29, 0.717) is 15.7 Å². The molecule has 1 aromatic carbocycles. The Morgan fingerprint density at radius 2 is 1.79 bits per heavy atom. The molecule has 5 rings (SSSR count). The molecular formula is C23H24F5IN4O. The van der Waals surface area contributed by atoms with Gasteiger partial charge in [-0.25, -0.2) is 8.78 Å². The molecule has 2 heterocycles. The average Bonchev–Trinajstić information content (AvgIpc) is 3.35. The number of alkyl halides is 5. The maximum Gasteiger partial charge on any atom is 0.433 e. The number of halogens is 6. The van der Waals surface area contributed by atoms with Crippen LogP contribution in [0.3, 0.4) is 0 Å². The highest BCUT2D eigenvalue weighted by Gasteiger charge is 2.47. The Kier molecular flexibility index (Phi) is 5.84. The van der Waals surface area contributed by atoms with E-state index in [1.165, 1.54) is 12.8 Å². The molecule has 3 fully saturated rings. The summed E-state index contributed by atoms with van der Waals surface area (Å²) in [6.45, 7) is 1.39. The van der Waals surface area contributed by atoms with E-state index in [9.17, 15) is 26.7 Å². The van der Waals surface area contributed by atoms with Crippen LogP contribution < -0.4 is 10.2 Å². The standard InChI is InChI=1S/C23H24F5IN4O/c24-22(25)11-14(12-22)13-33-18(23(26,27)28)10-19(31-33)30-20(34)16-2-1-15(29)9-17(16)32-7-5-21(3-4-21)6-8-32/h1-2,9-10,14H,3-8,11-13H2,(H,30,31,34). The Hall–Kier alpha value is -1.92. The number of hydrogen-bond acceptors (Lipinski definition) is 3. The third-order valence-corrected chi connectivity index (χ3v) is 7.92. The third kappa shape index (κ3) is 4.90. The lowest BCUT2D eigenvalue weighted by molar-refractivity contribution is -0.147. The van der Waals surface area contributed by atoms with Crippen molar-refractivity contribution in [3.8, 4) is 0 Å². The Morgan fingerprint density at radius 1 is 1.12 bits per heavy atom. The quantitative estimate of drug-likeness (QED) is 0.332. The summed E-state index contributed by atoms with van der Waals surface area (Å²) in [7, 11) is 0. The first-order valence-corrected chi connectivity index (χ1v) is 12.4. The number of anilines is 2. The first-order chi connectivity index (χ1) is 15.9. The molecule has 0 bridgehead atoms. The van der Waals surface area contributed by atoms with Crippen LogP contribution in [0.15, 0.2) is 24.3 Å². The second kappa shape index (κ2) is 8.34. The molecular weight excluding hydrogens is 570 g/mol. The molecule has 1 N–H and O–H groups in total. The fourth-order valence-electron chi connectivity index (χ4n) is 5.04. The van der Waals surface area contributed by atoms with Crippen LogP contribution >= 0.6 is 22.6 Å². The molecule has 5 nitrogen and oxygen atoms in total. The zero-order chi connectivity index (χ0) is 24.3. The van der Waals surface area contributed by atoms with Crippen molar-refractivity contribution in [1.29, 1.82) is 0 Å². The van der Waals surface area contributed by atoms with E-state index in [2.05, 4.69) is 37.9 Å². The van der Waals surface area contributed by atoms with Gasteiger partial charge in [-0.1, -0.05) is 0 Å². The minimum Gasteiger partial charge on any atom is -0.371 e. The van der Waals surface area contributed by atoms with Gasteiger partial charge in [0, 0.05) is 42.1 Å². The molecule has 1 amide bonds. The first-order valence-electron chi connectivity index (χ1n) is 11.3. The van der Waals surface area contributed by atoms with Crippen LogP contribution in [-0.2, 0) is 12.7 Å². The first kappa shape index (κ1) is 23.8. The fourth-order valence-corrected chi connectivity index (χ4v) is 5.52. The minimum atomic E-state index is -4.72. The summed E-state index contributed by atoms with van der Waals surface area (Å²) in [5.74, 6) is -4.21.